The van der Waals surface area contributed by atoms with E-state index >= 15 is 0 Å². The molecule has 1 aliphatic heterocycles. The zero-order chi connectivity index (χ0) is 32.8. The third-order valence-electron chi connectivity index (χ3n) is 7.20. The average molecular weight is 653 g/mol. The first-order chi connectivity index (χ1) is 21.3. The Balaban J connectivity index is 1.46. The highest BCUT2D eigenvalue weighted by Crippen LogP contribution is 2.31. The average Bonchev–Trinajstić information content (AvgIpc) is 3.42. The molecule has 0 unspecified atom stereocenters. The second-order valence-electron chi connectivity index (χ2n) is 10.2. The minimum absolute atomic E-state index is 0.0670. The summed E-state index contributed by atoms with van der Waals surface area (Å²) < 4.78 is 98.8. The van der Waals surface area contributed by atoms with Gasteiger partial charge in [0, 0.05) is 17.7 Å². The molecule has 15 heteroatoms. The van der Waals surface area contributed by atoms with Crippen molar-refractivity contribution in [3.63, 3.8) is 0 Å². The van der Waals surface area contributed by atoms with Crippen molar-refractivity contribution in [1.29, 1.82) is 5.26 Å². The van der Waals surface area contributed by atoms with E-state index < -0.39 is 52.4 Å². The van der Waals surface area contributed by atoms with Crippen LogP contribution in [0.1, 0.15) is 47.4 Å². The summed E-state index contributed by atoms with van der Waals surface area (Å²) in [5, 5.41) is 12.1. The van der Waals surface area contributed by atoms with Crippen molar-refractivity contribution in [3.8, 4) is 11.8 Å². The molecule has 3 atom stereocenters. The van der Waals surface area contributed by atoms with Gasteiger partial charge in [0.05, 0.1) is 54.6 Å². The van der Waals surface area contributed by atoms with Crippen LogP contribution in [0.25, 0.3) is 0 Å². The normalized spacial score (nSPS) is 17.6. The molecule has 3 aromatic rings. The van der Waals surface area contributed by atoms with Crippen molar-refractivity contribution in [3.05, 3.63) is 83.7 Å². The van der Waals surface area contributed by atoms with Gasteiger partial charge in [-0.3, -0.25) is 4.79 Å². The predicted molar refractivity (Wildman–Crippen MR) is 152 cm³/mol. The number of halogens is 5. The number of hydrogen-bond acceptors (Lipinski definition) is 8. The van der Waals surface area contributed by atoms with Gasteiger partial charge in [-0.2, -0.15) is 27.2 Å². The fourth-order valence-electron chi connectivity index (χ4n) is 4.89. The van der Waals surface area contributed by atoms with Gasteiger partial charge in [0.15, 0.2) is 9.84 Å². The van der Waals surface area contributed by atoms with E-state index in [9.17, 15) is 40.4 Å². The second kappa shape index (κ2) is 14.2. The Morgan fingerprint density at radius 3 is 2.36 bits per heavy atom. The van der Waals surface area contributed by atoms with Gasteiger partial charge < -0.3 is 19.7 Å². The molecule has 9 nitrogen and oxygen atoms in total. The zero-order valence-electron chi connectivity index (χ0n) is 23.9. The highest BCUT2D eigenvalue weighted by atomic mass is 32.2. The van der Waals surface area contributed by atoms with E-state index in [0.717, 1.165) is 18.3 Å². The summed E-state index contributed by atoms with van der Waals surface area (Å²) in [6.45, 7) is -1.64. The largest absolute Gasteiger partial charge is 0.487 e. The molecule has 0 spiro atoms. The maximum Gasteiger partial charge on any atom is 0.433 e. The molecule has 2 aromatic carbocycles. The van der Waals surface area contributed by atoms with Crippen LogP contribution < -0.4 is 15.0 Å². The number of pyridine rings is 1. The van der Waals surface area contributed by atoms with Crippen LogP contribution in [-0.4, -0.2) is 57.0 Å². The first kappa shape index (κ1) is 33.6. The van der Waals surface area contributed by atoms with Gasteiger partial charge in [-0.15, -0.1) is 0 Å². The Hall–Kier alpha value is -4.29. The van der Waals surface area contributed by atoms with E-state index in [4.69, 9.17) is 4.74 Å². The van der Waals surface area contributed by atoms with Crippen LogP contribution in [0.4, 0.5) is 27.6 Å². The second-order valence-corrected chi connectivity index (χ2v) is 12.4. The maximum atomic E-state index is 13.1. The Kier molecular flexibility index (Phi) is 10.6. The molecule has 1 aliphatic rings. The molecule has 0 saturated carbocycles. The minimum atomic E-state index is -4.61. The highest BCUT2D eigenvalue weighted by Gasteiger charge is 2.35. The number of nitrogens with zero attached hydrogens (tertiary/aromatic N) is 3. The number of benzene rings is 2. The number of sulfone groups is 1. The Bertz CT molecular complexity index is 1600. The third-order valence-corrected chi connectivity index (χ3v) is 8.95. The summed E-state index contributed by atoms with van der Waals surface area (Å²) in [7, 11) is -3.42. The topological polar surface area (TPSA) is 122 Å². The molecular weight excluding hydrogens is 623 g/mol. The summed E-state index contributed by atoms with van der Waals surface area (Å²) in [4.78, 5) is 18.3. The van der Waals surface area contributed by atoms with Crippen LogP contribution >= 0.6 is 0 Å². The molecule has 1 amide bonds. The SMILES string of the molecule is CCS(=O)(=O)c1ccc([C@H](CC#N)NC(=O)c2ccc(N3C[C@@H](Oc4ccc(C(F)(F)F)nc4)C[C@H]3COC(F)F)cc2)cc1. The van der Waals surface area contributed by atoms with E-state index in [1.54, 1.807) is 29.2 Å². The van der Waals surface area contributed by atoms with Crippen LogP contribution in [0.5, 0.6) is 5.75 Å². The molecule has 1 aromatic heterocycles. The standard InChI is InChI=1S/C30H29F5N4O5S/c1-2-45(41,42)25-10-5-19(6-11-25)26(13-14-36)38-28(40)20-3-7-21(8-4-20)39-17-24(15-22(39)18-43-29(31)32)44-23-9-12-27(37-16-23)30(33,34)35/h3-12,16,22,24,26,29H,2,13,15,17-18H2,1H3,(H,38,40)/t22-,24-,26-/m0/s1. The summed E-state index contributed by atoms with van der Waals surface area (Å²) in [5.41, 5.74) is 0.279. The summed E-state index contributed by atoms with van der Waals surface area (Å²) >= 11 is 0. The van der Waals surface area contributed by atoms with Gasteiger partial charge in [0.25, 0.3) is 5.91 Å². The highest BCUT2D eigenvalue weighted by molar-refractivity contribution is 7.91. The van der Waals surface area contributed by atoms with Gasteiger partial charge in [-0.1, -0.05) is 19.1 Å². The Labute approximate surface area is 256 Å². The lowest BCUT2D eigenvalue weighted by Crippen LogP contribution is -2.34. The van der Waals surface area contributed by atoms with Crippen molar-refractivity contribution >= 4 is 21.4 Å². The van der Waals surface area contributed by atoms with Crippen molar-refractivity contribution in [1.82, 2.24) is 10.3 Å². The molecular formula is C30H29F5N4O5S. The van der Waals surface area contributed by atoms with Gasteiger partial charge in [0.2, 0.25) is 0 Å². The van der Waals surface area contributed by atoms with E-state index in [2.05, 4.69) is 15.0 Å². The zero-order valence-corrected chi connectivity index (χ0v) is 24.7. The monoisotopic (exact) mass is 652 g/mol. The number of ether oxygens (including phenoxy) is 2. The summed E-state index contributed by atoms with van der Waals surface area (Å²) in [6.07, 6.45) is -4.08. The number of anilines is 1. The number of carbonyl (C=O) groups is 1. The molecule has 1 fully saturated rings. The lowest BCUT2D eigenvalue weighted by atomic mass is 10.0. The van der Waals surface area contributed by atoms with Crippen LogP contribution in [0.2, 0.25) is 0 Å². The molecule has 2 heterocycles. The fourth-order valence-corrected chi connectivity index (χ4v) is 5.77. The van der Waals surface area contributed by atoms with Crippen LogP contribution in [-0.2, 0) is 20.8 Å². The van der Waals surface area contributed by atoms with Gasteiger partial charge in [-0.25, -0.2) is 13.4 Å². The molecule has 4 rings (SSSR count). The lowest BCUT2D eigenvalue weighted by molar-refractivity contribution is -0.141. The van der Waals surface area contributed by atoms with Crippen LogP contribution in [0, 0.1) is 11.3 Å². The Morgan fingerprint density at radius 1 is 1.11 bits per heavy atom. The number of amides is 1. The number of aromatic nitrogens is 1. The van der Waals surface area contributed by atoms with Crippen molar-refractivity contribution in [2.45, 2.75) is 55.6 Å². The summed E-state index contributed by atoms with van der Waals surface area (Å²) in [6, 6.07) is 14.8. The first-order valence-electron chi connectivity index (χ1n) is 13.8. The predicted octanol–water partition coefficient (Wildman–Crippen LogP) is 5.54. The van der Waals surface area contributed by atoms with Crippen molar-refractivity contribution in [2.75, 3.05) is 23.8 Å². The minimum Gasteiger partial charge on any atom is -0.487 e. The van der Waals surface area contributed by atoms with Gasteiger partial charge >= 0.3 is 12.8 Å². The van der Waals surface area contributed by atoms with E-state index in [-0.39, 0.29) is 48.0 Å². The Morgan fingerprint density at radius 2 is 1.80 bits per heavy atom. The number of rotatable bonds is 12. The number of carbonyl (C=O) groups excluding carboxylic acids is 1. The number of alkyl halides is 5. The smallest absolute Gasteiger partial charge is 0.433 e. The number of nitrogens with one attached hydrogen (secondary N) is 1. The lowest BCUT2D eigenvalue weighted by Gasteiger charge is -2.26. The van der Waals surface area contributed by atoms with Gasteiger partial charge in [0.1, 0.15) is 17.5 Å². The van der Waals surface area contributed by atoms with Crippen LogP contribution in [0.15, 0.2) is 71.8 Å². The molecule has 240 valence electrons. The van der Waals surface area contributed by atoms with E-state index in [0.29, 0.717) is 11.3 Å². The third kappa shape index (κ3) is 8.67. The van der Waals surface area contributed by atoms with Gasteiger partial charge in [-0.05, 0) is 54.1 Å². The quantitative estimate of drug-likeness (QED) is 0.253. The van der Waals surface area contributed by atoms with Crippen molar-refractivity contribution < 1.29 is 44.6 Å². The number of nitriles is 1. The molecule has 1 saturated heterocycles. The van der Waals surface area contributed by atoms with Crippen molar-refractivity contribution in [2.24, 2.45) is 0 Å². The maximum absolute atomic E-state index is 13.1. The number of hydrogen-bond donors (Lipinski definition) is 1. The molecule has 1 N–H and O–H groups in total. The van der Waals surface area contributed by atoms with Crippen LogP contribution in [0.3, 0.4) is 0 Å². The molecule has 45 heavy (non-hydrogen) atoms. The molecule has 0 bridgehead atoms. The molecule has 0 aliphatic carbocycles. The molecule has 0 radical (unpaired) electrons. The van der Waals surface area contributed by atoms with E-state index in [1.807, 2.05) is 6.07 Å². The fraction of sp³-hybridized carbons (Fsp3) is 0.367. The summed E-state index contributed by atoms with van der Waals surface area (Å²) in [5.74, 6) is -0.478. The van der Waals surface area contributed by atoms with E-state index in [1.165, 1.54) is 31.2 Å². The first-order valence-corrected chi connectivity index (χ1v) is 15.4.